The van der Waals surface area contributed by atoms with Gasteiger partial charge in [0.05, 0.1) is 5.56 Å². The van der Waals surface area contributed by atoms with Crippen LogP contribution in [0.1, 0.15) is 0 Å². The quantitative estimate of drug-likeness (QED) is 0.677. The number of aryl methyl sites for hydroxylation is 1. The van der Waals surface area contributed by atoms with Crippen LogP contribution in [0.15, 0.2) is 18.5 Å². The van der Waals surface area contributed by atoms with Gasteiger partial charge in [-0.05, 0) is 6.07 Å². The van der Waals surface area contributed by atoms with E-state index in [4.69, 9.17) is 0 Å². The van der Waals surface area contributed by atoms with E-state index in [9.17, 15) is 13.2 Å². The molecule has 0 fully saturated rings. The lowest BCUT2D eigenvalue weighted by Crippen LogP contribution is -1.95. The van der Waals surface area contributed by atoms with Gasteiger partial charge in [-0.3, -0.25) is 4.68 Å². The van der Waals surface area contributed by atoms with Crippen molar-refractivity contribution in [2.24, 2.45) is 7.05 Å². The molecule has 1 heterocycles. The molecular formula is C9H6F3N3. The zero-order valence-corrected chi connectivity index (χ0v) is 7.71. The van der Waals surface area contributed by atoms with E-state index in [-0.39, 0.29) is 11.4 Å². The van der Waals surface area contributed by atoms with Gasteiger partial charge in [0.2, 0.25) is 0 Å². The summed E-state index contributed by atoms with van der Waals surface area (Å²) >= 11 is 0. The average molecular weight is 213 g/mol. The van der Waals surface area contributed by atoms with Crippen LogP contribution in [0.4, 0.5) is 13.2 Å². The second kappa shape index (κ2) is 3.38. The van der Waals surface area contributed by atoms with E-state index in [0.29, 0.717) is 6.07 Å². The summed E-state index contributed by atoms with van der Waals surface area (Å²) in [5.41, 5.74) is -0.284. The van der Waals surface area contributed by atoms with E-state index in [1.54, 1.807) is 7.05 Å². The van der Waals surface area contributed by atoms with Crippen molar-refractivity contribution < 1.29 is 13.2 Å². The Morgan fingerprint density at radius 3 is 2.53 bits per heavy atom. The molecule has 0 unspecified atom stereocenters. The van der Waals surface area contributed by atoms with Crippen LogP contribution < -0.4 is 0 Å². The van der Waals surface area contributed by atoms with Crippen LogP contribution in [0, 0.1) is 17.5 Å². The molecule has 78 valence electrons. The lowest BCUT2D eigenvalue weighted by atomic mass is 10.2. The number of nitrogens with zero attached hydrogens (tertiary/aromatic N) is 3. The van der Waals surface area contributed by atoms with Crippen LogP contribution in [0.5, 0.6) is 0 Å². The summed E-state index contributed by atoms with van der Waals surface area (Å²) in [5.74, 6) is -3.31. The fraction of sp³-hybridized carbons (Fsp3) is 0.111. The number of rotatable bonds is 1. The number of hydrogen-bond donors (Lipinski definition) is 0. The third-order valence-electron chi connectivity index (χ3n) is 1.83. The summed E-state index contributed by atoms with van der Waals surface area (Å²) in [6.45, 7) is 0. The third kappa shape index (κ3) is 1.70. The van der Waals surface area contributed by atoms with Crippen molar-refractivity contribution in [1.29, 1.82) is 0 Å². The molecule has 3 nitrogen and oxygen atoms in total. The molecule has 0 aliphatic carbocycles. The third-order valence-corrected chi connectivity index (χ3v) is 1.83. The normalized spacial score (nSPS) is 10.7. The molecule has 0 atom stereocenters. The Balaban J connectivity index is 2.62. The van der Waals surface area contributed by atoms with Crippen molar-refractivity contribution in [3.63, 3.8) is 0 Å². The second-order valence-corrected chi connectivity index (χ2v) is 2.99. The summed E-state index contributed by atoms with van der Waals surface area (Å²) in [5, 5.41) is 3.76. The minimum absolute atomic E-state index is 0.0478. The summed E-state index contributed by atoms with van der Waals surface area (Å²) in [7, 11) is 1.57. The zero-order chi connectivity index (χ0) is 11.0. The maximum atomic E-state index is 13.2. The smallest absolute Gasteiger partial charge is 0.184 e. The van der Waals surface area contributed by atoms with Crippen molar-refractivity contribution in [1.82, 2.24) is 14.8 Å². The van der Waals surface area contributed by atoms with Crippen LogP contribution in [-0.4, -0.2) is 14.8 Å². The number of benzene rings is 1. The van der Waals surface area contributed by atoms with Gasteiger partial charge in [0, 0.05) is 13.1 Å². The van der Waals surface area contributed by atoms with Gasteiger partial charge in [0.25, 0.3) is 0 Å². The molecular weight excluding hydrogens is 207 g/mol. The summed E-state index contributed by atoms with van der Waals surface area (Å²) in [6.07, 6.45) is 1.32. The molecule has 0 aliphatic heterocycles. The maximum Gasteiger partial charge on any atom is 0.184 e. The van der Waals surface area contributed by atoms with Gasteiger partial charge in [-0.1, -0.05) is 0 Å². The fourth-order valence-corrected chi connectivity index (χ4v) is 1.18. The van der Waals surface area contributed by atoms with Crippen LogP contribution in [0.25, 0.3) is 11.4 Å². The lowest BCUT2D eigenvalue weighted by molar-refractivity contribution is 0.497. The average Bonchev–Trinajstić information content (AvgIpc) is 2.58. The van der Waals surface area contributed by atoms with Crippen molar-refractivity contribution >= 4 is 0 Å². The van der Waals surface area contributed by atoms with Crippen molar-refractivity contribution in [3.8, 4) is 11.4 Å². The highest BCUT2D eigenvalue weighted by atomic mass is 19.2. The Bertz CT molecular complexity index is 507. The van der Waals surface area contributed by atoms with E-state index in [1.807, 2.05) is 0 Å². The van der Waals surface area contributed by atoms with Crippen molar-refractivity contribution in [2.45, 2.75) is 0 Å². The second-order valence-electron chi connectivity index (χ2n) is 2.99. The molecule has 0 saturated heterocycles. The Hall–Kier alpha value is -1.85. The minimum Gasteiger partial charge on any atom is -0.255 e. The topological polar surface area (TPSA) is 30.7 Å². The number of aromatic nitrogens is 3. The van der Waals surface area contributed by atoms with Gasteiger partial charge >= 0.3 is 0 Å². The van der Waals surface area contributed by atoms with Crippen LogP contribution >= 0.6 is 0 Å². The highest BCUT2D eigenvalue weighted by molar-refractivity contribution is 5.55. The number of hydrogen-bond acceptors (Lipinski definition) is 2. The molecule has 0 saturated carbocycles. The molecule has 0 N–H and O–H groups in total. The molecule has 0 aliphatic rings. The lowest BCUT2D eigenvalue weighted by Gasteiger charge is -1.99. The summed E-state index contributed by atoms with van der Waals surface area (Å²) < 4.78 is 40.2. The van der Waals surface area contributed by atoms with E-state index < -0.39 is 17.5 Å². The van der Waals surface area contributed by atoms with Crippen LogP contribution in [0.2, 0.25) is 0 Å². The predicted octanol–water partition coefficient (Wildman–Crippen LogP) is 1.90. The first-order chi connectivity index (χ1) is 7.08. The van der Waals surface area contributed by atoms with Gasteiger partial charge in [-0.15, -0.1) is 0 Å². The first kappa shape index (κ1) is 9.70. The monoisotopic (exact) mass is 213 g/mol. The molecule has 2 rings (SSSR count). The van der Waals surface area contributed by atoms with Crippen molar-refractivity contribution in [2.75, 3.05) is 0 Å². The van der Waals surface area contributed by atoms with E-state index in [0.717, 1.165) is 6.07 Å². The van der Waals surface area contributed by atoms with Crippen LogP contribution in [-0.2, 0) is 7.05 Å². The van der Waals surface area contributed by atoms with Crippen LogP contribution in [0.3, 0.4) is 0 Å². The Labute approximate surface area is 83.2 Å². The van der Waals surface area contributed by atoms with Gasteiger partial charge in [0.15, 0.2) is 17.5 Å². The molecule has 2 aromatic rings. The highest BCUT2D eigenvalue weighted by Gasteiger charge is 2.15. The Morgan fingerprint density at radius 1 is 1.20 bits per heavy atom. The fourth-order valence-electron chi connectivity index (χ4n) is 1.18. The molecule has 6 heteroatoms. The highest BCUT2D eigenvalue weighted by Crippen LogP contribution is 2.22. The standard InChI is InChI=1S/C9H6F3N3/c1-15-4-13-9(14-15)6-2-5(10)3-7(11)8(6)12/h2-4H,1H3. The minimum atomic E-state index is -1.25. The first-order valence-electron chi connectivity index (χ1n) is 4.08. The van der Waals surface area contributed by atoms with Gasteiger partial charge in [-0.25, -0.2) is 18.2 Å². The first-order valence-corrected chi connectivity index (χ1v) is 4.08. The van der Waals surface area contributed by atoms with E-state index >= 15 is 0 Å². The largest absolute Gasteiger partial charge is 0.255 e. The molecule has 1 aromatic heterocycles. The molecule has 0 amide bonds. The Morgan fingerprint density at radius 2 is 1.93 bits per heavy atom. The zero-order valence-electron chi connectivity index (χ0n) is 7.71. The molecule has 1 aromatic carbocycles. The SMILES string of the molecule is Cn1cnc(-c2cc(F)cc(F)c2F)n1. The Kier molecular flexibility index (Phi) is 2.18. The van der Waals surface area contributed by atoms with Gasteiger partial charge < -0.3 is 0 Å². The molecule has 15 heavy (non-hydrogen) atoms. The van der Waals surface area contributed by atoms with E-state index in [1.165, 1.54) is 11.0 Å². The predicted molar refractivity (Wildman–Crippen MR) is 46.3 cm³/mol. The molecule has 0 bridgehead atoms. The summed E-state index contributed by atoms with van der Waals surface area (Å²) in [6, 6.07) is 1.33. The van der Waals surface area contributed by atoms with Crippen molar-refractivity contribution in [3.05, 3.63) is 35.9 Å². The van der Waals surface area contributed by atoms with Gasteiger partial charge in [-0.2, -0.15) is 5.10 Å². The summed E-state index contributed by atoms with van der Waals surface area (Å²) in [4.78, 5) is 3.71. The molecule has 0 spiro atoms. The van der Waals surface area contributed by atoms with E-state index in [2.05, 4.69) is 10.1 Å². The van der Waals surface area contributed by atoms with Gasteiger partial charge in [0.1, 0.15) is 12.1 Å². The molecule has 0 radical (unpaired) electrons. The number of halogens is 3. The maximum absolute atomic E-state index is 13.2.